The van der Waals surface area contributed by atoms with Crippen molar-refractivity contribution >= 4 is 17.8 Å². The van der Waals surface area contributed by atoms with Crippen LogP contribution >= 0.6 is 0 Å². The van der Waals surface area contributed by atoms with E-state index in [0.717, 1.165) is 68.6 Å². The molecule has 1 aliphatic carbocycles. The zero-order valence-electron chi connectivity index (χ0n) is 61.5. The van der Waals surface area contributed by atoms with E-state index < -0.39 is 17.8 Å². The second-order valence-corrected chi connectivity index (χ2v) is 26.1. The van der Waals surface area contributed by atoms with Gasteiger partial charge in [-0.3, -0.25) is 9.59 Å². The molecule has 1 saturated heterocycles. The minimum Gasteiger partial charge on any atom is -0.385 e. The summed E-state index contributed by atoms with van der Waals surface area (Å²) in [6.07, 6.45) is 32.3. The summed E-state index contributed by atoms with van der Waals surface area (Å²) in [4.78, 5) is 41.4. The zero-order chi connectivity index (χ0) is 70.0. The molecule has 0 aromatic heterocycles. The molecule has 19 nitrogen and oxygen atoms in total. The Hall–Kier alpha value is -4.29. The highest BCUT2D eigenvalue weighted by Crippen LogP contribution is 2.55. The monoisotopic (exact) mass is 1390 g/mol. The highest BCUT2D eigenvalue weighted by molar-refractivity contribution is 6.01. The standard InChI is InChI=1S/C80H129NO18/c1-69-29-35-73-74-36-34-72(71-32-30-70(31-33-71)27-24-28-79(84)99-81-77(82)37-38-78(81)83)68-76(74)80(75(73)67-69,39-25-43-87-42-23-21-19-17-15-13-11-9-7-5-4-6-8-10-12-14-16-18-20-22-41-85-2)40-26-44-88-47-48-90-51-52-92-55-56-94-59-60-96-63-64-98-66-65-97-62-61-95-58-57-93-54-53-91-50-49-89-46-45-86-3/h29-36,67-68H,4-28,37-66H2,1-3H3. The Bertz CT molecular complexity index is 2470. The fourth-order valence-electron chi connectivity index (χ4n) is 12.7. The van der Waals surface area contributed by atoms with E-state index in [-0.39, 0.29) is 24.7 Å². The molecule has 1 heterocycles. The van der Waals surface area contributed by atoms with Gasteiger partial charge in [-0.15, -0.1) is 5.06 Å². The summed E-state index contributed by atoms with van der Waals surface area (Å²) < 4.78 is 78.6. The molecular weight excluding hydrogens is 1260 g/mol. The first-order chi connectivity index (χ1) is 48.9. The van der Waals surface area contributed by atoms with E-state index >= 15 is 0 Å². The first-order valence-corrected chi connectivity index (χ1v) is 38.2. The van der Waals surface area contributed by atoms with Crippen LogP contribution in [0.25, 0.3) is 22.3 Å². The summed E-state index contributed by atoms with van der Waals surface area (Å²) in [5, 5.41) is 0.618. The number of nitrogens with zero attached hydrogens (tertiary/aromatic N) is 1. The van der Waals surface area contributed by atoms with Gasteiger partial charge >= 0.3 is 5.97 Å². The number of fused-ring (bicyclic) bond motifs is 3. The molecule has 2 aliphatic rings. The molecule has 562 valence electrons. The molecule has 1 fully saturated rings. The molecule has 0 radical (unpaired) electrons. The smallest absolute Gasteiger partial charge is 0.333 e. The number of rotatable bonds is 70. The Morgan fingerprint density at radius 1 is 0.343 bits per heavy atom. The third kappa shape index (κ3) is 38.7. The lowest BCUT2D eigenvalue weighted by Crippen LogP contribution is -2.31. The van der Waals surface area contributed by atoms with Crippen LogP contribution in [-0.2, 0) is 97.4 Å². The number of benzene rings is 3. The first-order valence-electron chi connectivity index (χ1n) is 38.2. The Kier molecular flexibility index (Phi) is 50.1. The molecule has 3 aromatic rings. The fraction of sp³-hybridized carbons (Fsp3) is 0.738. The largest absolute Gasteiger partial charge is 0.385 e. The van der Waals surface area contributed by atoms with E-state index in [0.29, 0.717) is 170 Å². The Morgan fingerprint density at radius 2 is 0.657 bits per heavy atom. The van der Waals surface area contributed by atoms with E-state index in [1.165, 1.54) is 150 Å². The quantitative estimate of drug-likeness (QED) is 0.0382. The number of unbranched alkanes of at least 4 members (excludes halogenated alkanes) is 19. The minimum atomic E-state index is -0.573. The number of amides is 2. The summed E-state index contributed by atoms with van der Waals surface area (Å²) in [5.74, 6) is -1.51. The van der Waals surface area contributed by atoms with Gasteiger partial charge in [0.05, 0.1) is 145 Å². The van der Waals surface area contributed by atoms with Gasteiger partial charge < -0.3 is 71.2 Å². The summed E-state index contributed by atoms with van der Waals surface area (Å²) in [6, 6.07) is 22.5. The normalized spacial score (nSPS) is 14.3. The molecule has 0 saturated carbocycles. The number of methoxy groups -OCH3 is 2. The topological polar surface area (TPSA) is 193 Å². The van der Waals surface area contributed by atoms with Gasteiger partial charge in [0.15, 0.2) is 0 Å². The Morgan fingerprint density at radius 3 is 1.05 bits per heavy atom. The average molecular weight is 1390 g/mol. The summed E-state index contributed by atoms with van der Waals surface area (Å²) in [7, 11) is 3.44. The summed E-state index contributed by atoms with van der Waals surface area (Å²) in [6.45, 7) is 16.4. The zero-order valence-corrected chi connectivity index (χ0v) is 61.5. The van der Waals surface area contributed by atoms with Gasteiger partial charge in [-0.2, -0.15) is 0 Å². The second kappa shape index (κ2) is 58.1. The fourth-order valence-corrected chi connectivity index (χ4v) is 12.7. The predicted octanol–water partition coefficient (Wildman–Crippen LogP) is 14.7. The van der Waals surface area contributed by atoms with Crippen molar-refractivity contribution in [1.82, 2.24) is 5.06 Å². The van der Waals surface area contributed by atoms with Crippen molar-refractivity contribution in [3.05, 3.63) is 82.9 Å². The van der Waals surface area contributed by atoms with Crippen molar-refractivity contribution < 1.29 is 85.5 Å². The maximum absolute atomic E-state index is 12.5. The number of ether oxygens (including phenoxy) is 14. The molecule has 5 rings (SSSR count). The number of hydrogen-bond acceptors (Lipinski definition) is 18. The highest BCUT2D eigenvalue weighted by atomic mass is 16.7. The molecule has 0 bridgehead atoms. The van der Waals surface area contributed by atoms with Gasteiger partial charge in [-0.1, -0.05) is 176 Å². The van der Waals surface area contributed by atoms with Gasteiger partial charge in [0.1, 0.15) is 0 Å². The van der Waals surface area contributed by atoms with Crippen LogP contribution in [-0.4, -0.2) is 209 Å². The van der Waals surface area contributed by atoms with Crippen LogP contribution in [0.3, 0.4) is 0 Å². The minimum absolute atomic E-state index is 0.0772. The van der Waals surface area contributed by atoms with Crippen molar-refractivity contribution in [3.63, 3.8) is 0 Å². The van der Waals surface area contributed by atoms with Crippen LogP contribution in [0.4, 0.5) is 0 Å². The van der Waals surface area contributed by atoms with Crippen molar-refractivity contribution in [2.75, 3.05) is 186 Å². The predicted molar refractivity (Wildman–Crippen MR) is 387 cm³/mol. The molecule has 0 spiro atoms. The van der Waals surface area contributed by atoms with Gasteiger partial charge in [0.25, 0.3) is 11.8 Å². The second-order valence-electron chi connectivity index (χ2n) is 26.1. The molecule has 0 N–H and O–H groups in total. The first kappa shape index (κ1) is 85.4. The molecule has 2 amide bonds. The van der Waals surface area contributed by atoms with Crippen molar-refractivity contribution in [2.45, 2.75) is 199 Å². The van der Waals surface area contributed by atoms with Crippen molar-refractivity contribution in [1.29, 1.82) is 0 Å². The maximum Gasteiger partial charge on any atom is 0.333 e. The van der Waals surface area contributed by atoms with Crippen LogP contribution in [0.1, 0.15) is 202 Å². The SMILES string of the molecule is COCCCCCCCCCCCCCCCCCCCCCCOCCCC1(CCCOCCOCCOCCOCCOCCOCCOCCOCCOCCOCCOCCOC)c2cc(C)ccc2-c2ccc(-c3ccc(CCCC(=O)ON4C(=O)CCC4=O)cc3)cc21. The van der Waals surface area contributed by atoms with E-state index in [2.05, 4.69) is 67.6 Å². The molecule has 1 unspecified atom stereocenters. The van der Waals surface area contributed by atoms with Gasteiger partial charge in [0.2, 0.25) is 0 Å². The molecule has 3 aromatic carbocycles. The van der Waals surface area contributed by atoms with Gasteiger partial charge in [-0.05, 0) is 103 Å². The molecule has 19 heteroatoms. The Balaban J connectivity index is 0.934. The number of hydroxylamine groups is 2. The third-order valence-corrected chi connectivity index (χ3v) is 18.2. The number of hydrogen-bond donors (Lipinski definition) is 0. The maximum atomic E-state index is 12.5. The van der Waals surface area contributed by atoms with Crippen LogP contribution < -0.4 is 0 Å². The number of aryl methyl sites for hydroxylation is 2. The average Bonchev–Trinajstić information content (AvgIpc) is 1.57. The van der Waals surface area contributed by atoms with E-state index in [9.17, 15) is 14.4 Å². The van der Waals surface area contributed by atoms with Gasteiger partial charge in [-0.25, -0.2) is 4.79 Å². The van der Waals surface area contributed by atoms with Crippen LogP contribution in [0.2, 0.25) is 0 Å². The number of carbonyl (C=O) groups excluding carboxylic acids is 3. The third-order valence-electron chi connectivity index (χ3n) is 18.2. The molecule has 99 heavy (non-hydrogen) atoms. The van der Waals surface area contributed by atoms with Crippen LogP contribution in [0.5, 0.6) is 0 Å². The van der Waals surface area contributed by atoms with Crippen molar-refractivity contribution in [3.8, 4) is 22.3 Å². The lowest BCUT2D eigenvalue weighted by molar-refractivity contribution is -0.197. The molecular formula is C80H129NO18. The molecule has 1 atom stereocenters. The number of imide groups is 1. The van der Waals surface area contributed by atoms with Crippen LogP contribution in [0, 0.1) is 6.92 Å². The lowest BCUT2D eigenvalue weighted by Gasteiger charge is -2.33. The Labute approximate surface area is 595 Å². The highest BCUT2D eigenvalue weighted by Gasteiger charge is 2.43. The van der Waals surface area contributed by atoms with E-state index in [4.69, 9.17) is 71.2 Å². The van der Waals surface area contributed by atoms with Gasteiger partial charge in [0, 0.05) is 65.3 Å². The molecule has 1 aliphatic heterocycles. The van der Waals surface area contributed by atoms with E-state index in [1.54, 1.807) is 14.2 Å². The summed E-state index contributed by atoms with van der Waals surface area (Å²) in [5.41, 5.74) is 9.80. The van der Waals surface area contributed by atoms with Crippen LogP contribution in [0.15, 0.2) is 60.7 Å². The number of carbonyl (C=O) groups is 3. The lowest BCUT2D eigenvalue weighted by atomic mass is 9.71. The summed E-state index contributed by atoms with van der Waals surface area (Å²) >= 11 is 0. The van der Waals surface area contributed by atoms with Crippen molar-refractivity contribution in [2.24, 2.45) is 0 Å². The van der Waals surface area contributed by atoms with E-state index in [1.807, 2.05) is 0 Å².